The van der Waals surface area contributed by atoms with Crippen LogP contribution in [-0.2, 0) is 0 Å². The van der Waals surface area contributed by atoms with Gasteiger partial charge in [0.1, 0.15) is 0 Å². The van der Waals surface area contributed by atoms with E-state index in [1.54, 1.807) is 0 Å². The average Bonchev–Trinajstić information content (AvgIpc) is 2.98. The number of nitrogens with one attached hydrogen (secondary N) is 1. The molecule has 0 aliphatic rings. The average molecular weight is 638 g/mol. The number of carbonyl (C=O) groups excluding carboxylic acids is 1. The first-order valence-corrected chi connectivity index (χ1v) is 14.7. The van der Waals surface area contributed by atoms with Crippen molar-refractivity contribution in [2.75, 3.05) is 11.1 Å². The van der Waals surface area contributed by atoms with E-state index in [0.29, 0.717) is 17.4 Å². The second-order valence-corrected chi connectivity index (χ2v) is 11.5. The molecule has 0 aliphatic carbocycles. The van der Waals surface area contributed by atoms with Gasteiger partial charge in [0.15, 0.2) is 0 Å². The van der Waals surface area contributed by atoms with Gasteiger partial charge in [-0.1, -0.05) is 162 Å². The van der Waals surface area contributed by atoms with Crippen LogP contribution in [0, 0.1) is 0 Å². The van der Waals surface area contributed by atoms with Crippen molar-refractivity contribution in [2.24, 2.45) is 0 Å². The van der Waals surface area contributed by atoms with Crippen molar-refractivity contribution in [3.63, 3.8) is 0 Å². The second kappa shape index (κ2) is 16.5. The molecule has 224 valence electrons. The molecule has 5 rings (SSSR count). The summed E-state index contributed by atoms with van der Waals surface area (Å²) in [6, 6.07) is 40.3. The maximum Gasteiger partial charge on any atom is 0.255 e. The lowest BCUT2D eigenvalue weighted by Crippen LogP contribution is -2.14. The lowest BCUT2D eigenvalue weighted by Gasteiger charge is -2.18. The Labute approximate surface area is 267 Å². The van der Waals surface area contributed by atoms with E-state index >= 15 is 0 Å². The number of rotatable bonds is 6. The van der Waals surface area contributed by atoms with E-state index in [-0.39, 0.29) is 20.8 Å². The zero-order valence-electron chi connectivity index (χ0n) is 24.1. The molecule has 1 amide bonds. The summed E-state index contributed by atoms with van der Waals surface area (Å²) in [6.45, 7) is 8.61. The van der Waals surface area contributed by atoms with Crippen molar-refractivity contribution in [1.29, 1.82) is 0 Å². The van der Waals surface area contributed by atoms with Crippen LogP contribution in [0.15, 0.2) is 126 Å². The zero-order chi connectivity index (χ0) is 29.4. The highest BCUT2D eigenvalue weighted by Gasteiger charge is 2.16. The van der Waals surface area contributed by atoms with E-state index in [1.807, 2.05) is 66.7 Å². The topological polar surface area (TPSA) is 55.1 Å². The van der Waals surface area contributed by atoms with Crippen molar-refractivity contribution < 1.29 is 4.79 Å². The maximum atomic E-state index is 12.8. The van der Waals surface area contributed by atoms with Gasteiger partial charge in [-0.3, -0.25) is 4.79 Å². The van der Waals surface area contributed by atoms with Crippen molar-refractivity contribution in [3.8, 4) is 22.3 Å². The molecule has 0 spiro atoms. The first-order valence-electron chi connectivity index (χ1n) is 13.9. The van der Waals surface area contributed by atoms with E-state index < -0.39 is 0 Å². The third-order valence-electron chi connectivity index (χ3n) is 6.98. The molecule has 0 heterocycles. The molecule has 0 bridgehead atoms. The SMILES string of the molecule is C.C.CC(C)c1cccc(-c2ccccc2)c1N.CC(C)c1cccc(-c2ccccc2)c1NC(=O)c1cccc(Br)c1. The van der Waals surface area contributed by atoms with Gasteiger partial charge >= 0.3 is 0 Å². The maximum absolute atomic E-state index is 12.8. The molecule has 43 heavy (non-hydrogen) atoms. The number of hydrogen-bond acceptors (Lipinski definition) is 2. The molecular weight excluding hydrogens is 592 g/mol. The quantitative estimate of drug-likeness (QED) is 0.182. The largest absolute Gasteiger partial charge is 0.398 e. The van der Waals surface area contributed by atoms with E-state index in [4.69, 9.17) is 5.73 Å². The number of carbonyl (C=O) groups is 1. The van der Waals surface area contributed by atoms with Crippen LogP contribution in [0.4, 0.5) is 11.4 Å². The summed E-state index contributed by atoms with van der Waals surface area (Å²) in [5.74, 6) is 0.664. The summed E-state index contributed by atoms with van der Waals surface area (Å²) in [5, 5.41) is 3.14. The van der Waals surface area contributed by atoms with Gasteiger partial charge in [-0.2, -0.15) is 0 Å². The summed E-state index contributed by atoms with van der Waals surface area (Å²) in [7, 11) is 0. The number of nitrogens with two attached hydrogens (primary N) is 1. The molecule has 3 nitrogen and oxygen atoms in total. The summed E-state index contributed by atoms with van der Waals surface area (Å²) in [4.78, 5) is 12.8. The molecule has 0 unspecified atom stereocenters. The predicted molar refractivity (Wildman–Crippen MR) is 192 cm³/mol. The molecular formula is C39H45BrN2O. The zero-order valence-corrected chi connectivity index (χ0v) is 25.7. The fourth-order valence-electron chi connectivity index (χ4n) is 4.82. The monoisotopic (exact) mass is 636 g/mol. The molecule has 5 aromatic carbocycles. The Hall–Kier alpha value is -4.15. The predicted octanol–water partition coefficient (Wildman–Crippen LogP) is 11.8. The number of amides is 1. The molecule has 0 radical (unpaired) electrons. The Morgan fingerprint density at radius 3 is 1.65 bits per heavy atom. The molecule has 4 heteroatoms. The first kappa shape index (κ1) is 35.0. The third-order valence-corrected chi connectivity index (χ3v) is 7.47. The number of hydrogen-bond donors (Lipinski definition) is 2. The third kappa shape index (κ3) is 8.92. The van der Waals surface area contributed by atoms with Crippen LogP contribution in [0.25, 0.3) is 22.3 Å². The van der Waals surface area contributed by atoms with Gasteiger partial charge in [0.05, 0.1) is 5.69 Å². The van der Waals surface area contributed by atoms with Gasteiger partial charge in [0.25, 0.3) is 5.91 Å². The smallest absolute Gasteiger partial charge is 0.255 e. The Kier molecular flexibility index (Phi) is 13.4. The van der Waals surface area contributed by atoms with E-state index in [1.165, 1.54) is 11.1 Å². The summed E-state index contributed by atoms with van der Waals surface area (Å²) in [5.41, 5.74) is 15.4. The highest BCUT2D eigenvalue weighted by Crippen LogP contribution is 2.35. The summed E-state index contributed by atoms with van der Waals surface area (Å²) in [6.07, 6.45) is 0. The highest BCUT2D eigenvalue weighted by molar-refractivity contribution is 9.10. The highest BCUT2D eigenvalue weighted by atomic mass is 79.9. The molecule has 5 aromatic rings. The summed E-state index contributed by atoms with van der Waals surface area (Å²) < 4.78 is 0.889. The molecule has 0 aliphatic heterocycles. The van der Waals surface area contributed by atoms with Gasteiger partial charge in [-0.25, -0.2) is 0 Å². The fourth-order valence-corrected chi connectivity index (χ4v) is 5.22. The van der Waals surface area contributed by atoms with Crippen molar-refractivity contribution in [2.45, 2.75) is 54.4 Å². The molecule has 0 aromatic heterocycles. The Balaban J connectivity index is 0.000000312. The molecule has 0 fully saturated rings. The van der Waals surface area contributed by atoms with Crippen molar-refractivity contribution in [3.05, 3.63) is 142 Å². The van der Waals surface area contributed by atoms with Crippen LogP contribution in [0.3, 0.4) is 0 Å². The molecule has 0 atom stereocenters. The number of nitrogen functional groups attached to an aromatic ring is 1. The van der Waals surface area contributed by atoms with Gasteiger partial charge in [-0.15, -0.1) is 0 Å². The number of benzene rings is 5. The summed E-state index contributed by atoms with van der Waals surface area (Å²) >= 11 is 3.42. The number of halogens is 1. The minimum Gasteiger partial charge on any atom is -0.398 e. The van der Waals surface area contributed by atoms with Crippen LogP contribution >= 0.6 is 15.9 Å². The minimum absolute atomic E-state index is 0. The van der Waals surface area contributed by atoms with Gasteiger partial charge in [-0.05, 0) is 52.3 Å². The van der Waals surface area contributed by atoms with Gasteiger partial charge in [0, 0.05) is 26.9 Å². The van der Waals surface area contributed by atoms with Crippen LogP contribution < -0.4 is 11.1 Å². The Bertz CT molecular complexity index is 1600. The fraction of sp³-hybridized carbons (Fsp3) is 0.205. The van der Waals surface area contributed by atoms with Crippen LogP contribution in [-0.4, -0.2) is 5.91 Å². The normalized spacial score (nSPS) is 10.2. The molecule has 0 saturated heterocycles. The van der Waals surface area contributed by atoms with Gasteiger partial charge in [0.2, 0.25) is 0 Å². The van der Waals surface area contributed by atoms with Crippen molar-refractivity contribution in [1.82, 2.24) is 0 Å². The van der Waals surface area contributed by atoms with Crippen molar-refractivity contribution >= 4 is 33.2 Å². The number of anilines is 2. The second-order valence-electron chi connectivity index (χ2n) is 10.6. The molecule has 0 saturated carbocycles. The standard InChI is InChI=1S/C22H20BrNO.C15H17N.2CH4/c1-15(2)19-12-7-13-20(16-8-4-3-5-9-16)21(19)24-22(25)17-10-6-11-18(23)14-17;1-11(2)13-9-6-10-14(15(13)16)12-7-4-3-5-8-12;;/h3-15H,1-2H3,(H,24,25);3-11H,16H2,1-2H3;2*1H4. The Morgan fingerprint density at radius 1 is 0.628 bits per heavy atom. The van der Waals surface area contributed by atoms with Crippen LogP contribution in [0.1, 0.15) is 75.9 Å². The first-order chi connectivity index (χ1) is 19.8. The molecule has 3 N–H and O–H groups in total. The van der Waals surface area contributed by atoms with Gasteiger partial charge < -0.3 is 11.1 Å². The lowest BCUT2D eigenvalue weighted by molar-refractivity contribution is 0.102. The van der Waals surface area contributed by atoms with Crippen LogP contribution in [0.5, 0.6) is 0 Å². The minimum atomic E-state index is -0.105. The van der Waals surface area contributed by atoms with Crippen LogP contribution in [0.2, 0.25) is 0 Å². The van der Waals surface area contributed by atoms with E-state index in [0.717, 1.165) is 38.1 Å². The van der Waals surface area contributed by atoms with E-state index in [9.17, 15) is 4.79 Å². The Morgan fingerprint density at radius 2 is 1.12 bits per heavy atom. The lowest BCUT2D eigenvalue weighted by atomic mass is 9.94. The van der Waals surface area contributed by atoms with E-state index in [2.05, 4.69) is 104 Å². The number of para-hydroxylation sites is 2.